The molecule has 126 valence electrons. The number of benzene rings is 1. The molecular formula is C16H16BrClF3NO. The monoisotopic (exact) mass is 409 g/mol. The summed E-state index contributed by atoms with van der Waals surface area (Å²) in [5.41, 5.74) is -1.66. The summed E-state index contributed by atoms with van der Waals surface area (Å²) in [6.45, 7) is 0. The van der Waals surface area contributed by atoms with E-state index in [4.69, 9.17) is 11.6 Å². The zero-order valence-electron chi connectivity index (χ0n) is 12.3. The van der Waals surface area contributed by atoms with Gasteiger partial charge in [-0.3, -0.25) is 4.79 Å². The molecule has 3 aliphatic rings. The van der Waals surface area contributed by atoms with Gasteiger partial charge in [0.25, 0.3) is 5.91 Å². The number of fused-ring (bicyclic) bond motifs is 3. The molecule has 0 heterocycles. The van der Waals surface area contributed by atoms with Crippen molar-refractivity contribution in [2.45, 2.75) is 50.2 Å². The molecule has 1 aromatic carbocycles. The van der Waals surface area contributed by atoms with Gasteiger partial charge < -0.3 is 5.32 Å². The number of carbonyl (C=O) groups excluding carboxylic acids is 1. The molecule has 0 saturated heterocycles. The number of amides is 1. The number of hydrogen-bond acceptors (Lipinski definition) is 1. The van der Waals surface area contributed by atoms with E-state index >= 15 is 0 Å². The predicted octanol–water partition coefficient (Wildman–Crippen LogP) is 5.49. The molecule has 0 unspecified atom stereocenters. The van der Waals surface area contributed by atoms with Crippen molar-refractivity contribution in [1.29, 1.82) is 0 Å². The lowest BCUT2D eigenvalue weighted by Crippen LogP contribution is -2.59. The van der Waals surface area contributed by atoms with Crippen LogP contribution >= 0.6 is 27.5 Å². The fourth-order valence-corrected chi connectivity index (χ4v) is 4.38. The standard InChI is InChI=1S/C16H16BrClF3NO/c17-12-2-1-10(18)9-11(12)13(23)22-15-6-3-14(4-7-15,5-8-15)16(19,20)21/h1-2,9H,3-8H2,(H,22,23). The van der Waals surface area contributed by atoms with Crippen LogP contribution in [0.25, 0.3) is 0 Å². The van der Waals surface area contributed by atoms with Gasteiger partial charge in [-0.25, -0.2) is 0 Å². The number of rotatable bonds is 2. The average Bonchev–Trinajstić information content (AvgIpc) is 2.50. The van der Waals surface area contributed by atoms with Gasteiger partial charge in [-0.1, -0.05) is 11.6 Å². The lowest BCUT2D eigenvalue weighted by Gasteiger charge is -2.53. The third-order valence-corrected chi connectivity index (χ3v) is 6.33. The van der Waals surface area contributed by atoms with Crippen LogP contribution < -0.4 is 5.32 Å². The summed E-state index contributed by atoms with van der Waals surface area (Å²) in [5, 5.41) is 3.42. The lowest BCUT2D eigenvalue weighted by molar-refractivity contribution is -0.253. The Morgan fingerprint density at radius 2 is 1.70 bits per heavy atom. The van der Waals surface area contributed by atoms with Gasteiger partial charge in [0, 0.05) is 15.0 Å². The lowest BCUT2D eigenvalue weighted by atomic mass is 9.57. The molecule has 23 heavy (non-hydrogen) atoms. The fraction of sp³-hybridized carbons (Fsp3) is 0.562. The van der Waals surface area contributed by atoms with Crippen molar-refractivity contribution in [3.63, 3.8) is 0 Å². The van der Waals surface area contributed by atoms with Crippen LogP contribution in [-0.4, -0.2) is 17.6 Å². The molecule has 0 radical (unpaired) electrons. The Morgan fingerprint density at radius 3 is 2.22 bits per heavy atom. The predicted molar refractivity (Wildman–Crippen MR) is 85.5 cm³/mol. The topological polar surface area (TPSA) is 29.1 Å². The van der Waals surface area contributed by atoms with Gasteiger partial charge in [0.15, 0.2) is 0 Å². The quantitative estimate of drug-likeness (QED) is 0.686. The van der Waals surface area contributed by atoms with E-state index < -0.39 is 17.1 Å². The number of carbonyl (C=O) groups is 1. The second-order valence-corrected chi connectivity index (χ2v) is 7.93. The molecule has 1 N–H and O–H groups in total. The summed E-state index contributed by atoms with van der Waals surface area (Å²) in [5.74, 6) is -0.291. The molecular weight excluding hydrogens is 395 g/mol. The number of alkyl halides is 3. The molecule has 1 amide bonds. The molecule has 3 fully saturated rings. The van der Waals surface area contributed by atoms with Crippen molar-refractivity contribution >= 4 is 33.4 Å². The minimum Gasteiger partial charge on any atom is -0.347 e. The van der Waals surface area contributed by atoms with Gasteiger partial charge >= 0.3 is 6.18 Å². The van der Waals surface area contributed by atoms with Crippen molar-refractivity contribution in [2.75, 3.05) is 0 Å². The van der Waals surface area contributed by atoms with Crippen LogP contribution in [0.5, 0.6) is 0 Å². The smallest absolute Gasteiger partial charge is 0.347 e. The third-order valence-electron chi connectivity index (χ3n) is 5.40. The highest BCUT2D eigenvalue weighted by atomic mass is 79.9. The maximum absolute atomic E-state index is 13.3. The van der Waals surface area contributed by atoms with E-state index in [0.717, 1.165) is 0 Å². The molecule has 0 aliphatic heterocycles. The average molecular weight is 411 g/mol. The highest BCUT2D eigenvalue weighted by molar-refractivity contribution is 9.10. The molecule has 2 nitrogen and oxygen atoms in total. The van der Waals surface area contributed by atoms with E-state index in [-0.39, 0.29) is 25.2 Å². The highest BCUT2D eigenvalue weighted by Crippen LogP contribution is 2.59. The molecule has 4 rings (SSSR count). The number of nitrogens with one attached hydrogen (secondary N) is 1. The van der Waals surface area contributed by atoms with Crippen molar-refractivity contribution in [1.82, 2.24) is 5.32 Å². The van der Waals surface area contributed by atoms with E-state index in [9.17, 15) is 18.0 Å². The van der Waals surface area contributed by atoms with Gasteiger partial charge in [-0.05, 0) is 72.7 Å². The molecule has 1 aromatic rings. The van der Waals surface area contributed by atoms with Crippen LogP contribution in [0.1, 0.15) is 48.9 Å². The van der Waals surface area contributed by atoms with Gasteiger partial charge in [0.2, 0.25) is 0 Å². The second-order valence-electron chi connectivity index (χ2n) is 6.64. The van der Waals surface area contributed by atoms with E-state index in [1.165, 1.54) is 0 Å². The zero-order chi connectivity index (χ0) is 16.9. The summed E-state index contributed by atoms with van der Waals surface area (Å²) in [4.78, 5) is 12.5. The van der Waals surface area contributed by atoms with Crippen LogP contribution in [0.3, 0.4) is 0 Å². The Balaban J connectivity index is 1.75. The van der Waals surface area contributed by atoms with Gasteiger partial charge in [-0.15, -0.1) is 0 Å². The Bertz CT molecular complexity index is 622. The van der Waals surface area contributed by atoms with Crippen LogP contribution in [0.4, 0.5) is 13.2 Å². The molecule has 0 spiro atoms. The Morgan fingerprint density at radius 1 is 1.13 bits per heavy atom. The molecule has 3 saturated carbocycles. The van der Waals surface area contributed by atoms with Gasteiger partial charge in [0.1, 0.15) is 0 Å². The van der Waals surface area contributed by atoms with Gasteiger partial charge in [-0.2, -0.15) is 13.2 Å². The molecule has 7 heteroatoms. The minimum atomic E-state index is -4.15. The summed E-state index contributed by atoms with van der Waals surface area (Å²) < 4.78 is 40.4. The largest absolute Gasteiger partial charge is 0.394 e. The van der Waals surface area contributed by atoms with Gasteiger partial charge in [0.05, 0.1) is 11.0 Å². The third kappa shape index (κ3) is 3.00. The first-order valence-corrected chi connectivity index (χ1v) is 8.68. The summed E-state index contributed by atoms with van der Waals surface area (Å²) >= 11 is 9.23. The van der Waals surface area contributed by atoms with Crippen molar-refractivity contribution in [2.24, 2.45) is 5.41 Å². The normalized spacial score (nSPS) is 30.3. The SMILES string of the molecule is O=C(NC12CCC(C(F)(F)F)(CC1)CC2)c1cc(Cl)ccc1Br. The van der Waals surface area contributed by atoms with Crippen molar-refractivity contribution < 1.29 is 18.0 Å². The zero-order valence-corrected chi connectivity index (χ0v) is 14.6. The molecule has 0 aromatic heterocycles. The maximum Gasteiger partial charge on any atom is 0.394 e. The minimum absolute atomic E-state index is 0.0908. The van der Waals surface area contributed by atoms with Crippen LogP contribution in [0.15, 0.2) is 22.7 Å². The van der Waals surface area contributed by atoms with E-state index in [0.29, 0.717) is 34.3 Å². The first-order valence-electron chi connectivity index (χ1n) is 7.51. The molecule has 0 atom stereocenters. The van der Waals surface area contributed by atoms with Crippen LogP contribution in [0, 0.1) is 5.41 Å². The second kappa shape index (κ2) is 5.66. The number of hydrogen-bond donors (Lipinski definition) is 1. The van der Waals surface area contributed by atoms with E-state index in [1.807, 2.05) is 0 Å². The van der Waals surface area contributed by atoms with Crippen LogP contribution in [-0.2, 0) is 0 Å². The maximum atomic E-state index is 13.3. The van der Waals surface area contributed by atoms with E-state index in [1.54, 1.807) is 18.2 Å². The van der Waals surface area contributed by atoms with Crippen molar-refractivity contribution in [3.05, 3.63) is 33.3 Å². The summed E-state index contributed by atoms with van der Waals surface area (Å²) in [6.07, 6.45) is -2.77. The molecule has 3 aliphatic carbocycles. The Hall–Kier alpha value is -0.750. The Labute approximate surface area is 145 Å². The fourth-order valence-electron chi connectivity index (χ4n) is 3.78. The number of halogens is 5. The van der Waals surface area contributed by atoms with Crippen LogP contribution in [0.2, 0.25) is 5.02 Å². The Kier molecular flexibility index (Phi) is 4.20. The first-order chi connectivity index (χ1) is 10.7. The summed E-state index contributed by atoms with van der Waals surface area (Å²) in [7, 11) is 0. The molecule has 2 bridgehead atoms. The van der Waals surface area contributed by atoms with E-state index in [2.05, 4.69) is 21.2 Å². The van der Waals surface area contributed by atoms with Crippen molar-refractivity contribution in [3.8, 4) is 0 Å². The summed E-state index contributed by atoms with van der Waals surface area (Å²) in [6, 6.07) is 4.91. The first kappa shape index (κ1) is 17.1. The highest BCUT2D eigenvalue weighted by Gasteiger charge is 2.61.